The molecule has 0 spiro atoms. The Kier molecular flexibility index (Phi) is 1.30. The molecule has 3 N–H and O–H groups in total. The average molecular weight is 176 g/mol. The second-order valence-electron chi connectivity index (χ2n) is 2.31. The molecule has 0 atom stereocenters. The van der Waals surface area contributed by atoms with Crippen LogP contribution < -0.4 is 11.3 Å². The molecule has 0 saturated carbocycles. The van der Waals surface area contributed by atoms with Gasteiger partial charge in [0.2, 0.25) is 5.95 Å². The lowest BCUT2D eigenvalue weighted by molar-refractivity contribution is 0.993. The number of aromatic nitrogens is 4. The normalized spacial score (nSPS) is 10.1. The Balaban J connectivity index is 3.04. The van der Waals surface area contributed by atoms with E-state index in [0.29, 0.717) is 4.57 Å². The third kappa shape index (κ3) is 0.856. The quantitative estimate of drug-likeness (QED) is 0.536. The molecule has 7 nitrogen and oxygen atoms in total. The number of hydrogen-bond donors (Lipinski definition) is 2. The zero-order valence-corrected chi connectivity index (χ0v) is 6.35. The van der Waals surface area contributed by atoms with Crippen molar-refractivity contribution < 1.29 is 0 Å². The monoisotopic (exact) mass is 176 g/mol. The summed E-state index contributed by atoms with van der Waals surface area (Å²) < 4.78 is 0.684. The van der Waals surface area contributed by atoms with Crippen LogP contribution in [0.25, 0.3) is 11.2 Å². The van der Waals surface area contributed by atoms with Crippen molar-refractivity contribution in [3.63, 3.8) is 0 Å². The Morgan fingerprint density at radius 3 is 3.15 bits per heavy atom. The van der Waals surface area contributed by atoms with E-state index in [9.17, 15) is 4.79 Å². The molecule has 0 aromatic carbocycles. The Morgan fingerprint density at radius 1 is 1.69 bits per heavy atom. The maximum Gasteiger partial charge on any atom is 0.296 e. The lowest BCUT2D eigenvalue weighted by atomic mass is 10.5. The van der Waals surface area contributed by atoms with Crippen LogP contribution in [0.3, 0.4) is 0 Å². The second kappa shape index (κ2) is 2.31. The van der Waals surface area contributed by atoms with Crippen LogP contribution in [0.2, 0.25) is 0 Å². The Morgan fingerprint density at radius 2 is 2.46 bits per heavy atom. The van der Waals surface area contributed by atoms with Gasteiger partial charge in [0.05, 0.1) is 6.33 Å². The van der Waals surface area contributed by atoms with E-state index in [1.807, 2.05) is 0 Å². The van der Waals surface area contributed by atoms with Crippen LogP contribution in [0.5, 0.6) is 0 Å². The van der Waals surface area contributed by atoms with E-state index in [2.05, 4.69) is 15.0 Å². The number of H-pyrrole nitrogens is 1. The van der Waals surface area contributed by atoms with Crippen molar-refractivity contribution in [1.29, 1.82) is 5.26 Å². The minimum atomic E-state index is -0.564. The molecule has 0 unspecified atom stereocenters. The van der Waals surface area contributed by atoms with Gasteiger partial charge in [0.15, 0.2) is 17.4 Å². The molecule has 7 heteroatoms. The molecule has 2 rings (SSSR count). The maximum atomic E-state index is 11.4. The summed E-state index contributed by atoms with van der Waals surface area (Å²) in [5.74, 6) is -0.149. The van der Waals surface area contributed by atoms with E-state index >= 15 is 0 Å². The number of nitrogens with two attached hydrogens (primary N) is 1. The molecule has 0 bridgehead atoms. The van der Waals surface area contributed by atoms with Crippen molar-refractivity contribution in [2.75, 3.05) is 5.73 Å². The van der Waals surface area contributed by atoms with Crippen LogP contribution in [-0.4, -0.2) is 19.5 Å². The van der Waals surface area contributed by atoms with Gasteiger partial charge in [-0.2, -0.15) is 14.8 Å². The molecule has 0 fully saturated rings. The van der Waals surface area contributed by atoms with Crippen LogP contribution in [0, 0.1) is 11.5 Å². The Labute approximate surface area is 71.5 Å². The third-order valence-electron chi connectivity index (χ3n) is 1.58. The first-order valence-electron chi connectivity index (χ1n) is 3.35. The molecule has 0 saturated heterocycles. The van der Waals surface area contributed by atoms with E-state index in [4.69, 9.17) is 11.0 Å². The fourth-order valence-electron chi connectivity index (χ4n) is 1.00. The molecule has 0 aliphatic carbocycles. The highest BCUT2D eigenvalue weighted by Crippen LogP contribution is 2.01. The molecular weight excluding hydrogens is 172 g/mol. The summed E-state index contributed by atoms with van der Waals surface area (Å²) >= 11 is 0. The van der Waals surface area contributed by atoms with Gasteiger partial charge < -0.3 is 10.7 Å². The summed E-state index contributed by atoms with van der Waals surface area (Å²) in [5, 5.41) is 8.55. The summed E-state index contributed by atoms with van der Waals surface area (Å²) in [6.45, 7) is 0. The molecule has 2 heterocycles. The molecule has 0 aliphatic heterocycles. The van der Waals surface area contributed by atoms with Gasteiger partial charge in [0, 0.05) is 0 Å². The molecule has 0 radical (unpaired) electrons. The predicted molar refractivity (Wildman–Crippen MR) is 43.6 cm³/mol. The first-order chi connectivity index (χ1) is 6.24. The maximum absolute atomic E-state index is 11.4. The van der Waals surface area contributed by atoms with Gasteiger partial charge in [-0.25, -0.2) is 4.98 Å². The van der Waals surface area contributed by atoms with E-state index < -0.39 is 5.56 Å². The lowest BCUT2D eigenvalue weighted by Gasteiger charge is -1.96. The Bertz CT molecular complexity index is 558. The van der Waals surface area contributed by atoms with Crippen LogP contribution in [0.4, 0.5) is 5.95 Å². The molecule has 64 valence electrons. The zero-order valence-electron chi connectivity index (χ0n) is 6.35. The van der Waals surface area contributed by atoms with Crippen molar-refractivity contribution in [3.05, 3.63) is 16.7 Å². The molecular formula is C6H4N6O. The van der Waals surface area contributed by atoms with Crippen molar-refractivity contribution in [2.45, 2.75) is 0 Å². The number of anilines is 1. The number of nitriles is 1. The number of nitrogens with zero attached hydrogens (tertiary/aromatic N) is 4. The molecule has 0 amide bonds. The number of fused-ring (bicyclic) bond motifs is 1. The largest absolute Gasteiger partial charge is 0.368 e. The summed E-state index contributed by atoms with van der Waals surface area (Å²) in [7, 11) is 0. The minimum absolute atomic E-state index is 0.107. The van der Waals surface area contributed by atoms with Crippen molar-refractivity contribution in [3.8, 4) is 6.19 Å². The summed E-state index contributed by atoms with van der Waals surface area (Å²) in [6.07, 6.45) is 2.93. The van der Waals surface area contributed by atoms with E-state index in [1.54, 1.807) is 6.19 Å². The molecule has 13 heavy (non-hydrogen) atoms. The number of aromatic amines is 1. The smallest absolute Gasteiger partial charge is 0.296 e. The summed E-state index contributed by atoms with van der Waals surface area (Å²) in [5.41, 5.74) is 5.17. The van der Waals surface area contributed by atoms with Gasteiger partial charge in [-0.05, 0) is 0 Å². The van der Waals surface area contributed by atoms with Crippen LogP contribution in [-0.2, 0) is 0 Å². The first-order valence-corrected chi connectivity index (χ1v) is 3.35. The van der Waals surface area contributed by atoms with Gasteiger partial charge in [-0.15, -0.1) is 0 Å². The van der Waals surface area contributed by atoms with Crippen molar-refractivity contribution in [2.24, 2.45) is 0 Å². The van der Waals surface area contributed by atoms with E-state index in [0.717, 1.165) is 0 Å². The molecule has 2 aromatic heterocycles. The summed E-state index contributed by atoms with van der Waals surface area (Å²) in [6, 6.07) is 0. The van der Waals surface area contributed by atoms with E-state index in [1.165, 1.54) is 6.33 Å². The number of nitrogens with one attached hydrogen (secondary N) is 1. The number of nitrogen functional groups attached to an aromatic ring is 1. The van der Waals surface area contributed by atoms with Crippen LogP contribution in [0.15, 0.2) is 11.1 Å². The molecule has 2 aromatic rings. The van der Waals surface area contributed by atoms with Crippen molar-refractivity contribution >= 4 is 17.1 Å². The van der Waals surface area contributed by atoms with Gasteiger partial charge in [0.25, 0.3) is 5.56 Å². The number of imidazole rings is 1. The Hall–Kier alpha value is -2.36. The van der Waals surface area contributed by atoms with Gasteiger partial charge in [0.1, 0.15) is 0 Å². The fraction of sp³-hybridized carbons (Fsp3) is 0. The fourth-order valence-corrected chi connectivity index (χ4v) is 1.00. The highest BCUT2D eigenvalue weighted by atomic mass is 16.1. The first kappa shape index (κ1) is 7.30. The minimum Gasteiger partial charge on any atom is -0.368 e. The topological polar surface area (TPSA) is 113 Å². The van der Waals surface area contributed by atoms with Crippen LogP contribution in [0.1, 0.15) is 0 Å². The van der Waals surface area contributed by atoms with Crippen molar-refractivity contribution in [1.82, 2.24) is 19.5 Å². The average Bonchev–Trinajstić information content (AvgIpc) is 2.53. The van der Waals surface area contributed by atoms with Gasteiger partial charge in [-0.3, -0.25) is 4.79 Å². The highest BCUT2D eigenvalue weighted by Gasteiger charge is 2.09. The van der Waals surface area contributed by atoms with Gasteiger partial charge in [-0.1, -0.05) is 0 Å². The SMILES string of the molecule is N#Cn1c(N)nc2[nH]cnc2c1=O. The third-order valence-corrected chi connectivity index (χ3v) is 1.58. The molecule has 0 aliphatic rings. The standard InChI is InChI=1S/C6H4N6O/c7-1-12-5(13)3-4(10-2-9-3)11-6(12)8/h2H,(H2,8,11)(H,9,10). The number of hydrogen-bond acceptors (Lipinski definition) is 5. The van der Waals surface area contributed by atoms with Gasteiger partial charge >= 0.3 is 0 Å². The van der Waals surface area contributed by atoms with E-state index in [-0.39, 0.29) is 17.1 Å². The summed E-state index contributed by atoms with van der Waals surface area (Å²) in [4.78, 5) is 21.5. The number of rotatable bonds is 0. The lowest BCUT2D eigenvalue weighted by Crippen LogP contribution is -2.21. The highest BCUT2D eigenvalue weighted by molar-refractivity contribution is 5.70. The van der Waals surface area contributed by atoms with Crippen LogP contribution >= 0.6 is 0 Å². The second-order valence-corrected chi connectivity index (χ2v) is 2.31. The predicted octanol–water partition coefficient (Wildman–Crippen LogP) is -0.969. The zero-order chi connectivity index (χ0) is 9.42.